The Kier molecular flexibility index (Phi) is 7.84. The smallest absolute Gasteiger partial charge is 0.303 e. The zero-order valence-electron chi connectivity index (χ0n) is 24.3. The van der Waals surface area contributed by atoms with E-state index in [4.69, 9.17) is 47.4 Å². The van der Waals surface area contributed by atoms with Crippen LogP contribution in [0.3, 0.4) is 0 Å². The summed E-state index contributed by atoms with van der Waals surface area (Å²) in [4.78, 5) is 47.8. The van der Waals surface area contributed by atoms with Gasteiger partial charge in [0, 0.05) is 51.0 Å². The SMILES string of the molecule is CC(=O)OC[C@H]1O[C@@H](Oc2ccc3c(c2)OC[C@H]2c4cc5c(cc4O[C@@H]32)OCO5)[C@H](OC(C)=O)[C@@H](OC(C)=O)[C@@H]1OC(C)=O. The van der Waals surface area contributed by atoms with Gasteiger partial charge in [-0.1, -0.05) is 0 Å². The molecule has 0 unspecified atom stereocenters. The Balaban J connectivity index is 1.27. The third kappa shape index (κ3) is 5.76. The Labute approximate surface area is 251 Å². The summed E-state index contributed by atoms with van der Waals surface area (Å²) in [5, 5.41) is 0. The highest BCUT2D eigenvalue weighted by Crippen LogP contribution is 2.54. The van der Waals surface area contributed by atoms with E-state index in [0.29, 0.717) is 29.6 Å². The van der Waals surface area contributed by atoms with Crippen LogP contribution in [0.5, 0.6) is 28.7 Å². The number of esters is 4. The van der Waals surface area contributed by atoms with Crippen LogP contribution >= 0.6 is 0 Å². The van der Waals surface area contributed by atoms with Crippen LogP contribution in [0.4, 0.5) is 0 Å². The molecule has 0 spiro atoms. The molecule has 0 bridgehead atoms. The summed E-state index contributed by atoms with van der Waals surface area (Å²) in [5.74, 6) is -0.152. The Bertz CT molecular complexity index is 1490. The van der Waals surface area contributed by atoms with E-state index in [2.05, 4.69) is 0 Å². The van der Waals surface area contributed by atoms with E-state index < -0.39 is 54.6 Å². The molecule has 0 N–H and O–H groups in total. The molecule has 0 saturated carbocycles. The van der Waals surface area contributed by atoms with Gasteiger partial charge in [0.1, 0.15) is 36.1 Å². The molecule has 4 heterocycles. The highest BCUT2D eigenvalue weighted by molar-refractivity contribution is 5.69. The lowest BCUT2D eigenvalue weighted by atomic mass is 9.89. The average Bonchev–Trinajstić information content (AvgIpc) is 3.56. The lowest BCUT2D eigenvalue weighted by Crippen LogP contribution is -2.63. The molecule has 4 aliphatic rings. The van der Waals surface area contributed by atoms with Gasteiger partial charge < -0.3 is 47.4 Å². The number of benzene rings is 2. The van der Waals surface area contributed by atoms with Crippen molar-refractivity contribution in [3.63, 3.8) is 0 Å². The molecule has 2 aromatic carbocycles. The van der Waals surface area contributed by atoms with Crippen molar-refractivity contribution in [2.24, 2.45) is 0 Å². The van der Waals surface area contributed by atoms with Crippen LogP contribution in [-0.4, -0.2) is 74.6 Å². The van der Waals surface area contributed by atoms with Gasteiger partial charge in [0.15, 0.2) is 23.7 Å². The number of carbonyl (C=O) groups is 4. The normalized spacial score (nSPS) is 27.3. The fourth-order valence-electron chi connectivity index (χ4n) is 5.72. The standard InChI is InChI=1S/C30H30O14/c1-13(31)35-11-25-27(39-14(2)32)28(40-15(3)33)29(41-16(4)34)30(44-25)42-17-5-6-18-21(7-17)36-10-20-19-8-23-24(38-12-37-23)9-22(19)43-26(18)20/h5-9,20,25-30H,10-12H2,1-4H3/t20-,25+,26-,27+,28-,29+,30+/m0/s1. The summed E-state index contributed by atoms with van der Waals surface area (Å²) < 4.78 is 57.1. The summed E-state index contributed by atoms with van der Waals surface area (Å²) in [6.45, 7) is 4.76. The molecule has 0 radical (unpaired) electrons. The Morgan fingerprint density at radius 1 is 0.727 bits per heavy atom. The van der Waals surface area contributed by atoms with Crippen LogP contribution in [0.25, 0.3) is 0 Å². The van der Waals surface area contributed by atoms with Crippen LogP contribution in [0.1, 0.15) is 50.8 Å². The van der Waals surface area contributed by atoms with Gasteiger partial charge in [-0.15, -0.1) is 0 Å². The van der Waals surface area contributed by atoms with Crippen molar-refractivity contribution in [1.29, 1.82) is 0 Å². The molecular formula is C30H30O14. The molecular weight excluding hydrogens is 584 g/mol. The van der Waals surface area contributed by atoms with Gasteiger partial charge in [0.05, 0.1) is 12.5 Å². The van der Waals surface area contributed by atoms with Gasteiger partial charge in [-0.05, 0) is 18.2 Å². The summed E-state index contributed by atoms with van der Waals surface area (Å²) in [7, 11) is 0. The third-order valence-electron chi connectivity index (χ3n) is 7.43. The minimum atomic E-state index is -1.38. The van der Waals surface area contributed by atoms with Crippen LogP contribution in [0, 0.1) is 0 Å². The van der Waals surface area contributed by atoms with E-state index >= 15 is 0 Å². The molecule has 7 atom stereocenters. The highest BCUT2D eigenvalue weighted by Gasteiger charge is 2.53. The van der Waals surface area contributed by atoms with Crippen LogP contribution < -0.4 is 23.7 Å². The lowest BCUT2D eigenvalue weighted by Gasteiger charge is -2.44. The van der Waals surface area contributed by atoms with Crippen molar-refractivity contribution in [2.75, 3.05) is 20.0 Å². The first-order valence-corrected chi connectivity index (χ1v) is 13.9. The van der Waals surface area contributed by atoms with Crippen molar-refractivity contribution in [2.45, 2.75) is 70.4 Å². The minimum Gasteiger partial charge on any atom is -0.492 e. The molecule has 0 aromatic heterocycles. The first-order valence-electron chi connectivity index (χ1n) is 13.9. The van der Waals surface area contributed by atoms with Crippen molar-refractivity contribution < 1.29 is 66.5 Å². The summed E-state index contributed by atoms with van der Waals surface area (Å²) in [5.41, 5.74) is 1.75. The molecule has 6 rings (SSSR count). The summed E-state index contributed by atoms with van der Waals surface area (Å²) in [6, 6.07) is 8.82. The Hall–Kier alpha value is -4.72. The van der Waals surface area contributed by atoms with Gasteiger partial charge in [0.2, 0.25) is 19.2 Å². The van der Waals surface area contributed by atoms with Crippen LogP contribution in [0.2, 0.25) is 0 Å². The fourth-order valence-corrected chi connectivity index (χ4v) is 5.72. The first-order chi connectivity index (χ1) is 21.1. The molecule has 2 aromatic rings. The van der Waals surface area contributed by atoms with Crippen molar-refractivity contribution >= 4 is 23.9 Å². The molecule has 0 aliphatic carbocycles. The van der Waals surface area contributed by atoms with Crippen molar-refractivity contribution in [3.05, 3.63) is 41.5 Å². The van der Waals surface area contributed by atoms with E-state index in [1.807, 2.05) is 12.1 Å². The first kappa shape index (κ1) is 29.4. The van der Waals surface area contributed by atoms with Crippen molar-refractivity contribution in [1.82, 2.24) is 0 Å². The topological polar surface area (TPSA) is 161 Å². The Morgan fingerprint density at radius 2 is 1.41 bits per heavy atom. The second-order valence-electron chi connectivity index (χ2n) is 10.6. The molecule has 4 aliphatic heterocycles. The number of rotatable bonds is 7. The number of hydrogen-bond acceptors (Lipinski definition) is 14. The predicted molar refractivity (Wildman–Crippen MR) is 143 cm³/mol. The molecule has 0 amide bonds. The number of fused-ring (bicyclic) bond motifs is 6. The van der Waals surface area contributed by atoms with Gasteiger partial charge in [-0.25, -0.2) is 0 Å². The molecule has 1 saturated heterocycles. The molecule has 14 nitrogen and oxygen atoms in total. The predicted octanol–water partition coefficient (Wildman–Crippen LogP) is 2.49. The van der Waals surface area contributed by atoms with Gasteiger partial charge in [-0.3, -0.25) is 19.2 Å². The average molecular weight is 615 g/mol. The molecule has 1 fully saturated rings. The number of carbonyl (C=O) groups excluding carboxylic acids is 4. The van der Waals surface area contributed by atoms with Crippen molar-refractivity contribution in [3.8, 4) is 28.7 Å². The third-order valence-corrected chi connectivity index (χ3v) is 7.43. The zero-order chi connectivity index (χ0) is 31.1. The second-order valence-corrected chi connectivity index (χ2v) is 10.6. The van der Waals surface area contributed by atoms with Gasteiger partial charge >= 0.3 is 23.9 Å². The number of ether oxygens (including phenoxy) is 10. The van der Waals surface area contributed by atoms with Gasteiger partial charge in [0.25, 0.3) is 0 Å². The van der Waals surface area contributed by atoms with E-state index in [-0.39, 0.29) is 31.2 Å². The summed E-state index contributed by atoms with van der Waals surface area (Å²) in [6.07, 6.45) is -6.85. The largest absolute Gasteiger partial charge is 0.492 e. The lowest BCUT2D eigenvalue weighted by molar-refractivity contribution is -0.288. The maximum absolute atomic E-state index is 12.1. The van der Waals surface area contributed by atoms with Crippen LogP contribution in [-0.2, 0) is 42.9 Å². The molecule has 234 valence electrons. The Morgan fingerprint density at radius 3 is 2.11 bits per heavy atom. The molecule has 14 heteroatoms. The van der Waals surface area contributed by atoms with Gasteiger partial charge in [-0.2, -0.15) is 0 Å². The van der Waals surface area contributed by atoms with E-state index in [0.717, 1.165) is 31.9 Å². The van der Waals surface area contributed by atoms with E-state index in [1.54, 1.807) is 18.2 Å². The van der Waals surface area contributed by atoms with E-state index in [9.17, 15) is 19.2 Å². The molecule has 44 heavy (non-hydrogen) atoms. The van der Waals surface area contributed by atoms with E-state index in [1.165, 1.54) is 6.92 Å². The maximum atomic E-state index is 12.1. The monoisotopic (exact) mass is 614 g/mol. The maximum Gasteiger partial charge on any atom is 0.303 e. The second kappa shape index (κ2) is 11.8. The number of hydrogen-bond donors (Lipinski definition) is 0. The highest BCUT2D eigenvalue weighted by atomic mass is 16.7. The van der Waals surface area contributed by atoms with Crippen LogP contribution in [0.15, 0.2) is 30.3 Å². The summed E-state index contributed by atoms with van der Waals surface area (Å²) >= 11 is 0. The minimum absolute atomic E-state index is 0.0708. The zero-order valence-corrected chi connectivity index (χ0v) is 24.3. The quantitative estimate of drug-likeness (QED) is 0.330. The fraction of sp³-hybridized carbons (Fsp3) is 0.467.